The van der Waals surface area contributed by atoms with E-state index in [-0.39, 0.29) is 21.8 Å². The lowest BCUT2D eigenvalue weighted by Crippen LogP contribution is -2.24. The largest absolute Gasteiger partial charge is 0.418 e. The Kier molecular flexibility index (Phi) is 5.03. The highest BCUT2D eigenvalue weighted by molar-refractivity contribution is 7.18. The zero-order valence-electron chi connectivity index (χ0n) is 15.6. The number of benzene rings is 2. The fourth-order valence-electron chi connectivity index (χ4n) is 3.14. The monoisotopic (exact) mass is 430 g/mol. The minimum Gasteiger partial charge on any atom is -0.267 e. The van der Waals surface area contributed by atoms with Gasteiger partial charge in [-0.05, 0) is 43.3 Å². The average molecular weight is 430 g/mol. The predicted octanol–water partition coefficient (Wildman–Crippen LogP) is 6.08. The predicted molar refractivity (Wildman–Crippen MR) is 110 cm³/mol. The molecule has 0 aliphatic heterocycles. The molecule has 0 aliphatic carbocycles. The lowest BCUT2D eigenvalue weighted by atomic mass is 10.1. The topological polar surface area (TPSA) is 34.9 Å². The summed E-state index contributed by atoms with van der Waals surface area (Å²) in [4.78, 5) is 18.4. The zero-order valence-corrected chi connectivity index (χ0v) is 16.4. The zero-order chi connectivity index (χ0) is 21.5. The third-order valence-electron chi connectivity index (χ3n) is 4.46. The number of rotatable bonds is 3. The lowest BCUT2D eigenvalue weighted by molar-refractivity contribution is -0.137. The van der Waals surface area contributed by atoms with E-state index in [0.29, 0.717) is 5.52 Å². The van der Waals surface area contributed by atoms with Gasteiger partial charge in [0.25, 0.3) is 5.56 Å². The maximum Gasteiger partial charge on any atom is 0.418 e. The second-order valence-corrected chi connectivity index (χ2v) is 7.81. The van der Waals surface area contributed by atoms with Crippen LogP contribution in [0, 0.1) is 12.7 Å². The van der Waals surface area contributed by atoms with Crippen LogP contribution < -0.4 is 5.56 Å². The molecule has 0 atom stereocenters. The first kappa shape index (κ1) is 20.0. The molecule has 2 aromatic carbocycles. The number of alkyl halides is 3. The van der Waals surface area contributed by atoms with Crippen LogP contribution in [-0.4, -0.2) is 9.55 Å². The van der Waals surface area contributed by atoms with Gasteiger partial charge in [0.2, 0.25) is 0 Å². The molecular formula is C22H14F4N2OS. The van der Waals surface area contributed by atoms with Gasteiger partial charge in [0.15, 0.2) is 0 Å². The number of hydrogen-bond donors (Lipinski definition) is 0. The van der Waals surface area contributed by atoms with Gasteiger partial charge in [-0.3, -0.25) is 9.36 Å². The van der Waals surface area contributed by atoms with Crippen molar-refractivity contribution >= 4 is 33.7 Å². The second kappa shape index (κ2) is 7.53. The van der Waals surface area contributed by atoms with E-state index in [1.54, 1.807) is 19.1 Å². The molecule has 2 heterocycles. The molecule has 0 saturated heterocycles. The van der Waals surface area contributed by atoms with Gasteiger partial charge in [-0.25, -0.2) is 9.37 Å². The van der Waals surface area contributed by atoms with Crippen molar-refractivity contribution in [2.75, 3.05) is 0 Å². The van der Waals surface area contributed by atoms with Crippen molar-refractivity contribution in [3.05, 3.63) is 92.6 Å². The van der Waals surface area contributed by atoms with Gasteiger partial charge in [0.05, 0.1) is 16.8 Å². The molecule has 3 nitrogen and oxygen atoms in total. The van der Waals surface area contributed by atoms with Crippen LogP contribution in [-0.2, 0) is 6.18 Å². The standard InChI is InChI=1S/C22H14F4N2OS/c1-13-12-17-20(30-13)21(29)28(18-9-5-3-7-15(18)22(24,25)26)19(27-17)11-10-14-6-2-4-8-16(14)23/h2-12H,1H3/b11-10+. The Balaban J connectivity index is 2.02. The molecule has 30 heavy (non-hydrogen) atoms. The first-order valence-electron chi connectivity index (χ1n) is 8.88. The van der Waals surface area contributed by atoms with E-state index in [2.05, 4.69) is 4.98 Å². The molecule has 0 N–H and O–H groups in total. The highest BCUT2D eigenvalue weighted by Crippen LogP contribution is 2.34. The van der Waals surface area contributed by atoms with Crippen molar-refractivity contribution in [3.8, 4) is 5.69 Å². The van der Waals surface area contributed by atoms with Crippen LogP contribution in [0.25, 0.3) is 28.1 Å². The Labute approximate surface area is 172 Å². The van der Waals surface area contributed by atoms with E-state index in [1.165, 1.54) is 59.9 Å². The van der Waals surface area contributed by atoms with Crippen molar-refractivity contribution in [2.24, 2.45) is 0 Å². The summed E-state index contributed by atoms with van der Waals surface area (Å²) >= 11 is 1.17. The van der Waals surface area contributed by atoms with Gasteiger partial charge in [0, 0.05) is 10.4 Å². The second-order valence-electron chi connectivity index (χ2n) is 6.55. The average Bonchev–Trinajstić information content (AvgIpc) is 3.07. The van der Waals surface area contributed by atoms with Crippen LogP contribution in [0.4, 0.5) is 17.6 Å². The van der Waals surface area contributed by atoms with Gasteiger partial charge in [-0.1, -0.05) is 30.3 Å². The molecule has 0 bridgehead atoms. The number of fused-ring (bicyclic) bond motifs is 1. The number of nitrogens with zero attached hydrogens (tertiary/aromatic N) is 2. The first-order chi connectivity index (χ1) is 14.3. The van der Waals surface area contributed by atoms with E-state index in [1.807, 2.05) is 0 Å². The SMILES string of the molecule is Cc1cc2nc(/C=C/c3ccccc3F)n(-c3ccccc3C(F)(F)F)c(=O)c2s1. The number of thiophene rings is 1. The van der Waals surface area contributed by atoms with Gasteiger partial charge in [-0.15, -0.1) is 11.3 Å². The van der Waals surface area contributed by atoms with Gasteiger partial charge >= 0.3 is 6.18 Å². The maximum absolute atomic E-state index is 14.0. The normalized spacial score (nSPS) is 12.2. The Morgan fingerprint density at radius 2 is 1.73 bits per heavy atom. The summed E-state index contributed by atoms with van der Waals surface area (Å²) in [7, 11) is 0. The highest BCUT2D eigenvalue weighted by atomic mass is 32.1. The molecule has 0 aliphatic rings. The highest BCUT2D eigenvalue weighted by Gasteiger charge is 2.34. The van der Waals surface area contributed by atoms with E-state index in [4.69, 9.17) is 0 Å². The van der Waals surface area contributed by atoms with Crippen LogP contribution in [0.3, 0.4) is 0 Å². The van der Waals surface area contributed by atoms with E-state index < -0.39 is 23.1 Å². The summed E-state index contributed by atoms with van der Waals surface area (Å²) in [6, 6.07) is 12.5. The van der Waals surface area contributed by atoms with Crippen molar-refractivity contribution < 1.29 is 17.6 Å². The van der Waals surface area contributed by atoms with Crippen LogP contribution >= 0.6 is 11.3 Å². The molecule has 2 aromatic heterocycles. The summed E-state index contributed by atoms with van der Waals surface area (Å²) in [5, 5.41) is 0. The van der Waals surface area contributed by atoms with Gasteiger partial charge in [-0.2, -0.15) is 13.2 Å². The van der Waals surface area contributed by atoms with Crippen LogP contribution in [0.5, 0.6) is 0 Å². The van der Waals surface area contributed by atoms with Gasteiger partial charge < -0.3 is 0 Å². The maximum atomic E-state index is 14.0. The molecule has 0 fully saturated rings. The Bertz CT molecular complexity index is 1340. The fraction of sp³-hybridized carbons (Fsp3) is 0.0909. The summed E-state index contributed by atoms with van der Waals surface area (Å²) < 4.78 is 56.0. The van der Waals surface area contributed by atoms with Crippen LogP contribution in [0.15, 0.2) is 59.4 Å². The minimum absolute atomic E-state index is 0.0229. The van der Waals surface area contributed by atoms with E-state index >= 15 is 0 Å². The van der Waals surface area contributed by atoms with Crippen LogP contribution in [0.2, 0.25) is 0 Å². The number of halogens is 4. The molecule has 8 heteroatoms. The third kappa shape index (κ3) is 3.66. The van der Waals surface area contributed by atoms with E-state index in [9.17, 15) is 22.4 Å². The lowest BCUT2D eigenvalue weighted by Gasteiger charge is -2.16. The number of aryl methyl sites for hydroxylation is 1. The summed E-state index contributed by atoms with van der Waals surface area (Å²) in [6.07, 6.45) is -1.93. The number of hydrogen-bond acceptors (Lipinski definition) is 3. The van der Waals surface area contributed by atoms with Crippen LogP contribution in [0.1, 0.15) is 21.8 Å². The summed E-state index contributed by atoms with van der Waals surface area (Å²) in [5.41, 5.74) is -1.28. The summed E-state index contributed by atoms with van der Waals surface area (Å²) in [5.74, 6) is -0.518. The van der Waals surface area contributed by atoms with Crippen molar-refractivity contribution in [1.82, 2.24) is 9.55 Å². The molecule has 152 valence electrons. The fourth-order valence-corrected chi connectivity index (χ4v) is 4.02. The molecule has 0 unspecified atom stereocenters. The van der Waals surface area contributed by atoms with Crippen molar-refractivity contribution in [2.45, 2.75) is 13.1 Å². The minimum atomic E-state index is -4.66. The summed E-state index contributed by atoms with van der Waals surface area (Å²) in [6.45, 7) is 1.79. The number of aromatic nitrogens is 2. The van der Waals surface area contributed by atoms with Gasteiger partial charge in [0.1, 0.15) is 16.3 Å². The number of para-hydroxylation sites is 1. The molecular weight excluding hydrogens is 416 g/mol. The molecule has 4 rings (SSSR count). The van der Waals surface area contributed by atoms with Crippen molar-refractivity contribution in [3.63, 3.8) is 0 Å². The van der Waals surface area contributed by atoms with E-state index in [0.717, 1.165) is 15.5 Å². The van der Waals surface area contributed by atoms with Crippen molar-refractivity contribution in [1.29, 1.82) is 0 Å². The molecule has 4 aromatic rings. The Hall–Kier alpha value is -3.26. The molecule has 0 saturated carbocycles. The Morgan fingerprint density at radius 1 is 1.03 bits per heavy atom. The Morgan fingerprint density at radius 3 is 2.47 bits per heavy atom. The quantitative estimate of drug-likeness (QED) is 0.369. The molecule has 0 spiro atoms. The molecule has 0 radical (unpaired) electrons. The third-order valence-corrected chi connectivity index (χ3v) is 5.49. The first-order valence-corrected chi connectivity index (χ1v) is 9.70. The molecule has 0 amide bonds. The smallest absolute Gasteiger partial charge is 0.267 e.